The summed E-state index contributed by atoms with van der Waals surface area (Å²) in [5.74, 6) is -0.889. The Morgan fingerprint density at radius 3 is 2.73 bits per heavy atom. The summed E-state index contributed by atoms with van der Waals surface area (Å²) in [6.45, 7) is 0. The van der Waals surface area contributed by atoms with Crippen LogP contribution in [0.5, 0.6) is 0 Å². The van der Waals surface area contributed by atoms with Crippen LogP contribution in [0, 0.1) is 0 Å². The number of fused-ring (bicyclic) bond motifs is 1. The van der Waals surface area contributed by atoms with Gasteiger partial charge in [-0.3, -0.25) is 0 Å². The van der Waals surface area contributed by atoms with E-state index in [1.54, 1.807) is 29.4 Å². The van der Waals surface area contributed by atoms with Crippen molar-refractivity contribution in [1.82, 2.24) is 4.57 Å². The van der Waals surface area contributed by atoms with Gasteiger partial charge in [0.15, 0.2) is 0 Å². The van der Waals surface area contributed by atoms with Gasteiger partial charge >= 0.3 is 5.97 Å². The third-order valence-electron chi connectivity index (χ3n) is 2.47. The third kappa shape index (κ3) is 1.61. The summed E-state index contributed by atoms with van der Waals surface area (Å²) >= 11 is 1.65. The fourth-order valence-electron chi connectivity index (χ4n) is 1.64. The summed E-state index contributed by atoms with van der Waals surface area (Å²) in [5.41, 5.74) is 1.28. The van der Waals surface area contributed by atoms with Gasteiger partial charge in [-0.2, -0.15) is 0 Å². The summed E-state index contributed by atoms with van der Waals surface area (Å²) in [4.78, 5) is 12.1. The summed E-state index contributed by atoms with van der Waals surface area (Å²) < 4.78 is 1.71. The number of aromatic carboxylic acids is 1. The number of hydrogen-bond donors (Lipinski definition) is 1. The molecule has 0 aliphatic carbocycles. The van der Waals surface area contributed by atoms with Crippen molar-refractivity contribution in [2.75, 3.05) is 6.26 Å². The second-order valence-corrected chi connectivity index (χ2v) is 4.20. The van der Waals surface area contributed by atoms with E-state index in [-0.39, 0.29) is 0 Å². The minimum atomic E-state index is -0.889. The molecule has 78 valence electrons. The number of carboxylic acid groups (broad SMARTS) is 1. The summed E-state index contributed by atoms with van der Waals surface area (Å²) in [7, 11) is 1.77. The second kappa shape index (κ2) is 3.62. The number of carboxylic acids is 1. The Bertz CT molecular complexity index is 531. The first-order valence-corrected chi connectivity index (χ1v) is 5.72. The quantitative estimate of drug-likeness (QED) is 0.792. The molecule has 1 heterocycles. The molecule has 4 heteroatoms. The van der Waals surface area contributed by atoms with Gasteiger partial charge in [0.1, 0.15) is 5.69 Å². The van der Waals surface area contributed by atoms with Crippen LogP contribution in [0.1, 0.15) is 10.5 Å². The van der Waals surface area contributed by atoms with Crippen molar-refractivity contribution in [3.63, 3.8) is 0 Å². The topological polar surface area (TPSA) is 42.2 Å². The normalized spacial score (nSPS) is 10.8. The lowest BCUT2D eigenvalue weighted by atomic mass is 10.2. The minimum Gasteiger partial charge on any atom is -0.477 e. The van der Waals surface area contributed by atoms with Crippen LogP contribution in [-0.2, 0) is 7.05 Å². The van der Waals surface area contributed by atoms with E-state index in [0.29, 0.717) is 5.69 Å². The average Bonchev–Trinajstić information content (AvgIpc) is 2.56. The molecule has 0 amide bonds. The zero-order valence-electron chi connectivity index (χ0n) is 8.52. The molecule has 1 aromatic carbocycles. The molecule has 0 spiro atoms. The molecule has 15 heavy (non-hydrogen) atoms. The Balaban J connectivity index is 2.72. The SMILES string of the molecule is CSc1ccc2cc(C(=O)O)n(C)c2c1. The maximum absolute atomic E-state index is 10.9. The lowest BCUT2D eigenvalue weighted by molar-refractivity contribution is 0.0687. The first-order chi connectivity index (χ1) is 7.13. The van der Waals surface area contributed by atoms with Gasteiger partial charge in [-0.25, -0.2) is 4.79 Å². The highest BCUT2D eigenvalue weighted by Gasteiger charge is 2.11. The van der Waals surface area contributed by atoms with Crippen molar-refractivity contribution in [2.24, 2.45) is 7.05 Å². The lowest BCUT2D eigenvalue weighted by Crippen LogP contribution is -2.03. The molecule has 3 nitrogen and oxygen atoms in total. The first kappa shape index (κ1) is 10.1. The van der Waals surface area contributed by atoms with Crippen LogP contribution in [0.4, 0.5) is 0 Å². The van der Waals surface area contributed by atoms with Gasteiger partial charge in [0.25, 0.3) is 0 Å². The Morgan fingerprint density at radius 1 is 1.40 bits per heavy atom. The van der Waals surface area contributed by atoms with Gasteiger partial charge in [0.2, 0.25) is 0 Å². The van der Waals surface area contributed by atoms with Crippen LogP contribution in [0.3, 0.4) is 0 Å². The van der Waals surface area contributed by atoms with Gasteiger partial charge in [-0.1, -0.05) is 6.07 Å². The van der Waals surface area contributed by atoms with Crippen molar-refractivity contribution >= 4 is 28.6 Å². The Labute approximate surface area is 91.7 Å². The number of aromatic nitrogens is 1. The Morgan fingerprint density at radius 2 is 2.13 bits per heavy atom. The fraction of sp³-hybridized carbons (Fsp3) is 0.182. The van der Waals surface area contributed by atoms with E-state index < -0.39 is 5.97 Å². The number of benzene rings is 1. The predicted molar refractivity (Wildman–Crippen MR) is 61.7 cm³/mol. The lowest BCUT2D eigenvalue weighted by Gasteiger charge is -2.00. The van der Waals surface area contributed by atoms with Gasteiger partial charge < -0.3 is 9.67 Å². The number of rotatable bonds is 2. The smallest absolute Gasteiger partial charge is 0.352 e. The molecule has 2 aromatic rings. The van der Waals surface area contributed by atoms with Crippen LogP contribution < -0.4 is 0 Å². The van der Waals surface area contributed by atoms with E-state index >= 15 is 0 Å². The van der Waals surface area contributed by atoms with E-state index in [2.05, 4.69) is 0 Å². The van der Waals surface area contributed by atoms with E-state index in [4.69, 9.17) is 5.11 Å². The molecule has 1 N–H and O–H groups in total. The zero-order valence-corrected chi connectivity index (χ0v) is 9.34. The van der Waals surface area contributed by atoms with Gasteiger partial charge in [0.05, 0.1) is 0 Å². The molecule has 0 aliphatic rings. The molecule has 1 aromatic heterocycles. The van der Waals surface area contributed by atoms with E-state index in [9.17, 15) is 4.79 Å². The summed E-state index contributed by atoms with van der Waals surface area (Å²) in [6.07, 6.45) is 2.00. The molecule has 0 saturated carbocycles. The van der Waals surface area contributed by atoms with Crippen LogP contribution in [-0.4, -0.2) is 21.9 Å². The average molecular weight is 221 g/mol. The van der Waals surface area contributed by atoms with E-state index in [1.165, 1.54) is 0 Å². The van der Waals surface area contributed by atoms with Crippen molar-refractivity contribution in [1.29, 1.82) is 0 Å². The second-order valence-electron chi connectivity index (χ2n) is 3.32. The standard InChI is InChI=1S/C11H11NO2S/c1-12-9-6-8(15-2)4-3-7(9)5-10(12)11(13)14/h3-6H,1-2H3,(H,13,14). The highest BCUT2D eigenvalue weighted by atomic mass is 32.2. The monoisotopic (exact) mass is 221 g/mol. The summed E-state index contributed by atoms with van der Waals surface area (Å²) in [5, 5.41) is 9.93. The highest BCUT2D eigenvalue weighted by Crippen LogP contribution is 2.24. The van der Waals surface area contributed by atoms with Crippen molar-refractivity contribution < 1.29 is 9.90 Å². The molecule has 0 bridgehead atoms. The van der Waals surface area contributed by atoms with E-state index in [1.807, 2.05) is 24.5 Å². The number of nitrogens with zero attached hydrogens (tertiary/aromatic N) is 1. The van der Waals surface area contributed by atoms with Crippen molar-refractivity contribution in [3.8, 4) is 0 Å². The van der Waals surface area contributed by atoms with Crippen molar-refractivity contribution in [2.45, 2.75) is 4.90 Å². The minimum absolute atomic E-state index is 0.322. The van der Waals surface area contributed by atoms with Crippen LogP contribution in [0.15, 0.2) is 29.2 Å². The third-order valence-corrected chi connectivity index (χ3v) is 3.20. The molecule has 2 rings (SSSR count). The first-order valence-electron chi connectivity index (χ1n) is 4.50. The van der Waals surface area contributed by atoms with Crippen molar-refractivity contribution in [3.05, 3.63) is 30.0 Å². The number of carbonyl (C=O) groups is 1. The molecule has 0 atom stereocenters. The molecule has 0 fully saturated rings. The largest absolute Gasteiger partial charge is 0.477 e. The van der Waals surface area contributed by atoms with Crippen LogP contribution in [0.2, 0.25) is 0 Å². The van der Waals surface area contributed by atoms with E-state index in [0.717, 1.165) is 15.8 Å². The number of aryl methyl sites for hydroxylation is 1. The zero-order chi connectivity index (χ0) is 11.0. The maximum Gasteiger partial charge on any atom is 0.352 e. The van der Waals surface area contributed by atoms with Crippen LogP contribution in [0.25, 0.3) is 10.9 Å². The molecule has 0 saturated heterocycles. The highest BCUT2D eigenvalue weighted by molar-refractivity contribution is 7.98. The number of thioether (sulfide) groups is 1. The maximum atomic E-state index is 10.9. The fourth-order valence-corrected chi connectivity index (χ4v) is 2.08. The van der Waals surface area contributed by atoms with Gasteiger partial charge in [-0.15, -0.1) is 11.8 Å². The van der Waals surface area contributed by atoms with Gasteiger partial charge in [0, 0.05) is 22.8 Å². The number of hydrogen-bond acceptors (Lipinski definition) is 2. The van der Waals surface area contributed by atoms with Gasteiger partial charge in [-0.05, 0) is 24.5 Å². The Kier molecular flexibility index (Phi) is 2.44. The summed E-state index contributed by atoms with van der Waals surface area (Å²) in [6, 6.07) is 7.65. The van der Waals surface area contributed by atoms with Crippen LogP contribution >= 0.6 is 11.8 Å². The molecular formula is C11H11NO2S. The molecular weight excluding hydrogens is 210 g/mol. The molecule has 0 radical (unpaired) electrons. The molecule has 0 aliphatic heterocycles. The predicted octanol–water partition coefficient (Wildman–Crippen LogP) is 2.60. The Hall–Kier alpha value is -1.42. The molecule has 0 unspecified atom stereocenters.